The van der Waals surface area contributed by atoms with E-state index in [2.05, 4.69) is 11.0 Å². The summed E-state index contributed by atoms with van der Waals surface area (Å²) >= 11 is 0. The highest BCUT2D eigenvalue weighted by molar-refractivity contribution is 5.92. The van der Waals surface area contributed by atoms with Crippen LogP contribution in [0.2, 0.25) is 0 Å². The number of piperidine rings is 1. The molecule has 0 N–H and O–H groups in total. The molecule has 3 fully saturated rings. The van der Waals surface area contributed by atoms with Gasteiger partial charge in [0.05, 0.1) is 6.04 Å². The minimum absolute atomic E-state index is 0.0197. The number of nitrogens with zero attached hydrogens (tertiary/aromatic N) is 2. The Morgan fingerprint density at radius 3 is 2.73 bits per heavy atom. The first kappa shape index (κ1) is 25.8. The van der Waals surface area contributed by atoms with Gasteiger partial charge in [-0.3, -0.25) is 9.69 Å². The summed E-state index contributed by atoms with van der Waals surface area (Å²) in [5.41, 5.74) is 3.36. The Bertz CT molecular complexity index is 1340. The van der Waals surface area contributed by atoms with Gasteiger partial charge in [-0.25, -0.2) is 4.79 Å². The van der Waals surface area contributed by atoms with Gasteiger partial charge >= 0.3 is 5.97 Å². The number of likely N-dealkylation sites (tertiary alicyclic amines) is 1. The Hall–Kier alpha value is -3.16. The molecule has 1 spiro atoms. The van der Waals surface area contributed by atoms with Crippen molar-refractivity contribution in [2.45, 2.75) is 62.1 Å². The van der Waals surface area contributed by atoms with E-state index in [-0.39, 0.29) is 30.1 Å². The Morgan fingerprint density at radius 1 is 1.12 bits per heavy atom. The molecule has 7 nitrogen and oxygen atoms in total. The van der Waals surface area contributed by atoms with Gasteiger partial charge in [0.1, 0.15) is 12.7 Å². The SMILES string of the molecule is COCC(=O)Oc1ccc2c3c1OC1C(N(C)C(=O)/C=C/c4ccccc4)CC[C@H]4[C@@H](C2)N(CC2CC2)CC[C@]314. The average Bonchev–Trinajstić information content (AvgIpc) is 3.72. The lowest BCUT2D eigenvalue weighted by molar-refractivity contribution is -0.138. The molecule has 1 saturated heterocycles. The van der Waals surface area contributed by atoms with Crippen LogP contribution in [0.25, 0.3) is 6.08 Å². The number of hydrogen-bond donors (Lipinski definition) is 0. The van der Waals surface area contributed by atoms with Gasteiger partial charge in [-0.2, -0.15) is 0 Å². The molecule has 2 heterocycles. The van der Waals surface area contributed by atoms with Crippen LogP contribution in [0.5, 0.6) is 11.5 Å². The molecular formula is C33H38N2O5. The van der Waals surface area contributed by atoms with Crippen molar-refractivity contribution in [1.82, 2.24) is 9.80 Å². The van der Waals surface area contributed by atoms with E-state index in [1.807, 2.05) is 54.4 Å². The minimum Gasteiger partial charge on any atom is -0.483 e. The maximum absolute atomic E-state index is 13.5. The molecular weight excluding hydrogens is 504 g/mol. The normalized spacial score (nSPS) is 30.1. The molecule has 5 aliphatic rings. The Kier molecular flexibility index (Phi) is 6.47. The minimum atomic E-state index is -0.436. The fourth-order valence-corrected chi connectivity index (χ4v) is 8.21. The molecule has 2 aromatic rings. The van der Waals surface area contributed by atoms with E-state index in [1.165, 1.54) is 37.6 Å². The van der Waals surface area contributed by atoms with Gasteiger partial charge in [0.15, 0.2) is 11.5 Å². The number of hydrogen-bond acceptors (Lipinski definition) is 6. The molecule has 2 saturated carbocycles. The van der Waals surface area contributed by atoms with Crippen molar-refractivity contribution in [3.8, 4) is 11.5 Å². The Labute approximate surface area is 236 Å². The number of likely N-dealkylation sites (N-methyl/N-ethyl adjacent to an activating group) is 1. The van der Waals surface area contributed by atoms with E-state index >= 15 is 0 Å². The second-order valence-electron chi connectivity index (χ2n) is 12.3. The molecule has 2 aromatic carbocycles. The summed E-state index contributed by atoms with van der Waals surface area (Å²) in [6.07, 6.45) is 10.0. The summed E-state index contributed by atoms with van der Waals surface area (Å²) in [5, 5.41) is 0. The second kappa shape index (κ2) is 10.0. The van der Waals surface area contributed by atoms with E-state index in [0.717, 1.165) is 43.7 Å². The van der Waals surface area contributed by atoms with E-state index in [9.17, 15) is 9.59 Å². The monoisotopic (exact) mass is 542 g/mol. The van der Waals surface area contributed by atoms with Crippen LogP contribution in [-0.2, 0) is 26.2 Å². The smallest absolute Gasteiger partial charge is 0.337 e. The maximum Gasteiger partial charge on any atom is 0.337 e. The van der Waals surface area contributed by atoms with Crippen molar-refractivity contribution in [2.24, 2.45) is 11.8 Å². The molecule has 3 aliphatic carbocycles. The average molecular weight is 543 g/mol. The van der Waals surface area contributed by atoms with E-state index in [4.69, 9.17) is 14.2 Å². The molecule has 40 heavy (non-hydrogen) atoms. The molecule has 0 aromatic heterocycles. The van der Waals surface area contributed by atoms with E-state index in [1.54, 1.807) is 6.08 Å². The summed E-state index contributed by atoms with van der Waals surface area (Å²) in [7, 11) is 3.40. The number of benzene rings is 2. The molecule has 0 radical (unpaired) electrons. The van der Waals surface area contributed by atoms with Crippen LogP contribution < -0.4 is 9.47 Å². The van der Waals surface area contributed by atoms with Gasteiger partial charge in [0, 0.05) is 43.8 Å². The first-order valence-corrected chi connectivity index (χ1v) is 14.8. The van der Waals surface area contributed by atoms with Crippen molar-refractivity contribution in [2.75, 3.05) is 33.9 Å². The number of methoxy groups -OCH3 is 1. The van der Waals surface area contributed by atoms with Crippen molar-refractivity contribution in [3.63, 3.8) is 0 Å². The number of carbonyl (C=O) groups excluding carboxylic acids is 2. The third-order valence-electron chi connectivity index (χ3n) is 10.1. The van der Waals surface area contributed by atoms with Gasteiger partial charge in [-0.15, -0.1) is 0 Å². The molecule has 2 bridgehead atoms. The zero-order chi connectivity index (χ0) is 27.4. The largest absolute Gasteiger partial charge is 0.483 e. The number of esters is 1. The topological polar surface area (TPSA) is 68.3 Å². The third kappa shape index (κ3) is 4.17. The fraction of sp³-hybridized carbons (Fsp3) is 0.515. The lowest BCUT2D eigenvalue weighted by Crippen LogP contribution is -2.69. The summed E-state index contributed by atoms with van der Waals surface area (Å²) in [4.78, 5) is 30.5. The van der Waals surface area contributed by atoms with Gasteiger partial charge in [-0.1, -0.05) is 36.4 Å². The van der Waals surface area contributed by atoms with Crippen LogP contribution in [0.15, 0.2) is 48.5 Å². The second-order valence-corrected chi connectivity index (χ2v) is 12.3. The highest BCUT2D eigenvalue weighted by Crippen LogP contribution is 2.64. The lowest BCUT2D eigenvalue weighted by Gasteiger charge is -2.60. The molecule has 2 unspecified atom stereocenters. The summed E-state index contributed by atoms with van der Waals surface area (Å²) in [6.45, 7) is 2.13. The number of ether oxygens (including phenoxy) is 3. The highest BCUT2D eigenvalue weighted by Gasteiger charge is 2.66. The van der Waals surface area contributed by atoms with Gasteiger partial charge < -0.3 is 19.1 Å². The first-order valence-electron chi connectivity index (χ1n) is 14.8. The van der Waals surface area contributed by atoms with E-state index in [0.29, 0.717) is 23.5 Å². The van der Waals surface area contributed by atoms with Crippen LogP contribution in [0, 0.1) is 11.8 Å². The predicted octanol–water partition coefficient (Wildman–Crippen LogP) is 4.23. The van der Waals surface area contributed by atoms with E-state index < -0.39 is 5.97 Å². The van der Waals surface area contributed by atoms with Gasteiger partial charge in [0.25, 0.3) is 0 Å². The predicted molar refractivity (Wildman–Crippen MR) is 151 cm³/mol. The maximum atomic E-state index is 13.5. The zero-order valence-corrected chi connectivity index (χ0v) is 23.4. The molecule has 7 rings (SSSR count). The zero-order valence-electron chi connectivity index (χ0n) is 23.4. The van der Waals surface area contributed by atoms with Crippen LogP contribution >= 0.6 is 0 Å². The third-order valence-corrected chi connectivity index (χ3v) is 10.1. The first-order chi connectivity index (χ1) is 19.5. The Morgan fingerprint density at radius 2 is 1.95 bits per heavy atom. The van der Waals surface area contributed by atoms with Crippen molar-refractivity contribution >= 4 is 18.0 Å². The molecule has 1 amide bonds. The summed E-state index contributed by atoms with van der Waals surface area (Å²) < 4.78 is 17.7. The summed E-state index contributed by atoms with van der Waals surface area (Å²) in [6, 6.07) is 14.4. The van der Waals surface area contributed by atoms with Crippen LogP contribution in [-0.4, -0.2) is 73.7 Å². The number of rotatable bonds is 8. The molecule has 210 valence electrons. The van der Waals surface area contributed by atoms with Crippen LogP contribution in [0.3, 0.4) is 0 Å². The molecule has 2 aliphatic heterocycles. The van der Waals surface area contributed by atoms with Crippen LogP contribution in [0.1, 0.15) is 48.8 Å². The Balaban J connectivity index is 1.24. The number of carbonyl (C=O) groups is 2. The van der Waals surface area contributed by atoms with Crippen molar-refractivity contribution in [1.29, 1.82) is 0 Å². The van der Waals surface area contributed by atoms with Crippen molar-refractivity contribution < 1.29 is 23.8 Å². The highest BCUT2D eigenvalue weighted by atomic mass is 16.6. The van der Waals surface area contributed by atoms with Gasteiger partial charge in [-0.05, 0) is 80.2 Å². The van der Waals surface area contributed by atoms with Crippen LogP contribution in [0.4, 0.5) is 0 Å². The fourth-order valence-electron chi connectivity index (χ4n) is 8.21. The quantitative estimate of drug-likeness (QED) is 0.283. The van der Waals surface area contributed by atoms with Crippen molar-refractivity contribution in [3.05, 3.63) is 65.2 Å². The summed E-state index contributed by atoms with van der Waals surface area (Å²) in [5.74, 6) is 2.03. The molecule has 5 atom stereocenters. The standard InChI is InChI=1S/C33H38N2O5/c1-34(28(36)15-10-21-6-4-3-5-7-21)25-13-12-24-26-18-23-11-14-27(39-29(37)20-38-2)31-30(23)33(24,32(25)40-31)16-17-35(26)19-22-8-9-22/h3-7,10-11,14-15,22,24-26,32H,8-9,12-13,16-20H2,1-2H3/b15-10+/t24-,25?,26+,32?,33-/m0/s1. The number of amides is 1. The lowest BCUT2D eigenvalue weighted by atomic mass is 9.51. The molecule has 7 heteroatoms. The van der Waals surface area contributed by atoms with Gasteiger partial charge in [0.2, 0.25) is 5.91 Å².